The van der Waals surface area contributed by atoms with Crippen LogP contribution in [0.15, 0.2) is 82.6 Å². The molecule has 3 aromatic rings. The van der Waals surface area contributed by atoms with Gasteiger partial charge >= 0.3 is 6.03 Å². The van der Waals surface area contributed by atoms with Gasteiger partial charge in [-0.2, -0.15) is 8.42 Å². The lowest BCUT2D eigenvalue weighted by Gasteiger charge is -2.10. The maximum Gasteiger partial charge on any atom is 0.333 e. The number of rotatable bonds is 6. The van der Waals surface area contributed by atoms with E-state index in [1.165, 1.54) is 24.3 Å². The molecule has 0 aliphatic heterocycles. The average molecular weight is 461 g/mol. The Morgan fingerprint density at radius 1 is 0.839 bits per heavy atom. The normalized spacial score (nSPS) is 11.7. The Morgan fingerprint density at radius 2 is 1.45 bits per heavy atom. The Hall–Kier alpha value is -3.21. The molecule has 0 saturated heterocycles. The maximum atomic E-state index is 12.3. The zero-order valence-electron chi connectivity index (χ0n) is 16.4. The number of sulfonamides is 1. The van der Waals surface area contributed by atoms with Crippen LogP contribution >= 0.6 is 0 Å². The molecule has 0 spiro atoms. The molecular formula is C21H20N2O6S2. The SMILES string of the molecule is Cc1ccc(S(=O)(=O)NC(=O)Nc2cccc(Cc3ccc(S(=O)(=O)O)cc3)c2)cc1. The number of carbonyl (C=O) groups is 1. The summed E-state index contributed by atoms with van der Waals surface area (Å²) in [5, 5.41) is 2.49. The first-order valence-corrected chi connectivity index (χ1v) is 12.0. The minimum absolute atomic E-state index is 0.0182. The highest BCUT2D eigenvalue weighted by Crippen LogP contribution is 2.17. The third-order valence-corrected chi connectivity index (χ3v) is 6.59. The van der Waals surface area contributed by atoms with Gasteiger partial charge in [0.15, 0.2) is 0 Å². The molecule has 3 N–H and O–H groups in total. The van der Waals surface area contributed by atoms with E-state index >= 15 is 0 Å². The van der Waals surface area contributed by atoms with Crippen LogP contribution in [0.5, 0.6) is 0 Å². The van der Waals surface area contributed by atoms with Crippen molar-refractivity contribution in [1.29, 1.82) is 0 Å². The second-order valence-corrected chi connectivity index (χ2v) is 9.97. The summed E-state index contributed by atoms with van der Waals surface area (Å²) in [7, 11) is -8.26. The number of nitrogens with one attached hydrogen (secondary N) is 2. The zero-order valence-corrected chi connectivity index (χ0v) is 18.1. The molecule has 0 aliphatic carbocycles. The monoisotopic (exact) mass is 460 g/mol. The van der Waals surface area contributed by atoms with Crippen LogP contribution in [0.2, 0.25) is 0 Å². The fourth-order valence-electron chi connectivity index (χ4n) is 2.83. The first kappa shape index (κ1) is 22.5. The van der Waals surface area contributed by atoms with E-state index in [0.717, 1.165) is 16.7 Å². The van der Waals surface area contributed by atoms with Crippen molar-refractivity contribution in [1.82, 2.24) is 4.72 Å². The van der Waals surface area contributed by atoms with Gasteiger partial charge in [-0.15, -0.1) is 0 Å². The Morgan fingerprint density at radius 3 is 2.06 bits per heavy atom. The van der Waals surface area contributed by atoms with E-state index in [1.807, 2.05) is 17.7 Å². The first-order valence-electron chi connectivity index (χ1n) is 9.09. The van der Waals surface area contributed by atoms with Gasteiger partial charge in [0.2, 0.25) is 0 Å². The molecule has 0 bridgehead atoms. The molecule has 3 aromatic carbocycles. The largest absolute Gasteiger partial charge is 0.333 e. The van der Waals surface area contributed by atoms with Crippen LogP contribution in [0.1, 0.15) is 16.7 Å². The van der Waals surface area contributed by atoms with Gasteiger partial charge in [0.25, 0.3) is 20.1 Å². The summed E-state index contributed by atoms with van der Waals surface area (Å²) in [6, 6.07) is 17.8. The molecule has 10 heteroatoms. The molecule has 0 aliphatic rings. The smallest absolute Gasteiger partial charge is 0.307 e. The van der Waals surface area contributed by atoms with Gasteiger partial charge in [-0.05, 0) is 60.9 Å². The molecule has 0 aromatic heterocycles. The molecule has 0 saturated carbocycles. The summed E-state index contributed by atoms with van der Waals surface area (Å²) in [6.45, 7) is 1.83. The van der Waals surface area contributed by atoms with Crippen molar-refractivity contribution in [2.45, 2.75) is 23.1 Å². The van der Waals surface area contributed by atoms with Crippen molar-refractivity contribution < 1.29 is 26.2 Å². The maximum absolute atomic E-state index is 12.3. The van der Waals surface area contributed by atoms with Crippen molar-refractivity contribution in [3.63, 3.8) is 0 Å². The van der Waals surface area contributed by atoms with Gasteiger partial charge in [-0.3, -0.25) is 4.55 Å². The molecule has 8 nitrogen and oxygen atoms in total. The molecular weight excluding hydrogens is 440 g/mol. The fourth-order valence-corrected chi connectivity index (χ4v) is 4.22. The standard InChI is InChI=1S/C21H20N2O6S2/c1-15-5-9-19(10-6-15)30(25,26)23-21(24)22-18-4-2-3-17(14-18)13-16-7-11-20(12-8-16)31(27,28)29/h2-12,14H,13H2,1H3,(H2,22,23,24)(H,27,28,29). The van der Waals surface area contributed by atoms with Crippen molar-refractivity contribution >= 4 is 31.9 Å². The lowest BCUT2D eigenvalue weighted by Crippen LogP contribution is -2.34. The van der Waals surface area contributed by atoms with Crippen LogP contribution in [-0.4, -0.2) is 27.4 Å². The van der Waals surface area contributed by atoms with Gasteiger partial charge in [-0.25, -0.2) is 17.9 Å². The highest BCUT2D eigenvalue weighted by molar-refractivity contribution is 7.90. The van der Waals surface area contributed by atoms with Crippen molar-refractivity contribution in [2.75, 3.05) is 5.32 Å². The lowest BCUT2D eigenvalue weighted by atomic mass is 10.0. The summed E-state index contributed by atoms with van der Waals surface area (Å²) in [5.74, 6) is 0. The van der Waals surface area contributed by atoms with Crippen LogP contribution in [0.25, 0.3) is 0 Å². The van der Waals surface area contributed by atoms with E-state index in [-0.39, 0.29) is 9.79 Å². The molecule has 2 amide bonds. The molecule has 162 valence electrons. The van der Waals surface area contributed by atoms with Gasteiger partial charge < -0.3 is 5.32 Å². The van der Waals surface area contributed by atoms with Crippen LogP contribution in [0.4, 0.5) is 10.5 Å². The topological polar surface area (TPSA) is 130 Å². The third kappa shape index (κ3) is 6.14. The van der Waals surface area contributed by atoms with Gasteiger partial charge in [0, 0.05) is 5.69 Å². The van der Waals surface area contributed by atoms with Gasteiger partial charge in [-0.1, -0.05) is 42.0 Å². The number of hydrogen-bond donors (Lipinski definition) is 3. The Labute approximate surface area is 180 Å². The number of benzene rings is 3. The quantitative estimate of drug-likeness (QED) is 0.484. The summed E-state index contributed by atoms with van der Waals surface area (Å²) in [6.07, 6.45) is 0.435. The summed E-state index contributed by atoms with van der Waals surface area (Å²) < 4.78 is 57.9. The molecule has 31 heavy (non-hydrogen) atoms. The van der Waals surface area contributed by atoms with E-state index < -0.39 is 26.2 Å². The van der Waals surface area contributed by atoms with Gasteiger partial charge in [0.1, 0.15) is 0 Å². The number of urea groups is 1. The van der Waals surface area contributed by atoms with Crippen LogP contribution in [-0.2, 0) is 26.6 Å². The predicted molar refractivity (Wildman–Crippen MR) is 116 cm³/mol. The lowest BCUT2D eigenvalue weighted by molar-refractivity contribution is 0.256. The summed E-state index contributed by atoms with van der Waals surface area (Å²) in [5.41, 5.74) is 2.88. The Kier molecular flexibility index (Phi) is 6.44. The van der Waals surface area contributed by atoms with Gasteiger partial charge in [0.05, 0.1) is 9.79 Å². The summed E-state index contributed by atoms with van der Waals surface area (Å²) >= 11 is 0. The second-order valence-electron chi connectivity index (χ2n) is 6.87. The van der Waals surface area contributed by atoms with E-state index in [0.29, 0.717) is 12.1 Å². The third-order valence-electron chi connectivity index (χ3n) is 4.37. The second kappa shape index (κ2) is 8.88. The van der Waals surface area contributed by atoms with Crippen molar-refractivity contribution in [2.24, 2.45) is 0 Å². The van der Waals surface area contributed by atoms with Crippen LogP contribution in [0.3, 0.4) is 0 Å². The van der Waals surface area contributed by atoms with E-state index in [1.54, 1.807) is 42.5 Å². The zero-order chi connectivity index (χ0) is 22.6. The van der Waals surface area contributed by atoms with E-state index in [4.69, 9.17) is 4.55 Å². The summed E-state index contributed by atoms with van der Waals surface area (Å²) in [4.78, 5) is 12.0. The molecule has 0 heterocycles. The minimum Gasteiger partial charge on any atom is -0.307 e. The minimum atomic E-state index is -4.25. The molecule has 3 rings (SSSR count). The van der Waals surface area contributed by atoms with Crippen LogP contribution < -0.4 is 10.0 Å². The van der Waals surface area contributed by atoms with Crippen molar-refractivity contribution in [3.05, 3.63) is 89.5 Å². The highest BCUT2D eigenvalue weighted by atomic mass is 32.2. The number of anilines is 1. The predicted octanol–water partition coefficient (Wildman–Crippen LogP) is 3.34. The average Bonchev–Trinajstić information content (AvgIpc) is 2.68. The Bertz CT molecular complexity index is 1300. The number of hydrogen-bond acceptors (Lipinski definition) is 5. The van der Waals surface area contributed by atoms with E-state index in [2.05, 4.69) is 5.32 Å². The van der Waals surface area contributed by atoms with E-state index in [9.17, 15) is 21.6 Å². The molecule has 0 unspecified atom stereocenters. The number of amides is 2. The van der Waals surface area contributed by atoms with Crippen molar-refractivity contribution in [3.8, 4) is 0 Å². The number of carbonyl (C=O) groups excluding carboxylic acids is 1. The molecule has 0 atom stereocenters. The first-order chi connectivity index (χ1) is 14.5. The number of aryl methyl sites for hydroxylation is 1. The van der Waals surface area contributed by atoms with Crippen LogP contribution in [0, 0.1) is 6.92 Å². The fraction of sp³-hybridized carbons (Fsp3) is 0.0952. The highest BCUT2D eigenvalue weighted by Gasteiger charge is 2.17. The Balaban J connectivity index is 1.67. The molecule has 0 fully saturated rings. The molecule has 0 radical (unpaired) electrons.